The lowest BCUT2D eigenvalue weighted by atomic mass is 9.98. The second-order valence-corrected chi connectivity index (χ2v) is 6.58. The Morgan fingerprint density at radius 3 is 2.68 bits per heavy atom. The van der Waals surface area contributed by atoms with Crippen LogP contribution in [0, 0.1) is 5.92 Å². The van der Waals surface area contributed by atoms with E-state index < -0.39 is 5.97 Å². The van der Waals surface area contributed by atoms with Crippen molar-refractivity contribution in [3.05, 3.63) is 47.3 Å². The first-order chi connectivity index (χ1) is 13.6. The molecule has 0 radical (unpaired) electrons. The Balaban J connectivity index is 2.03. The van der Waals surface area contributed by atoms with Crippen molar-refractivity contribution in [2.24, 2.45) is 5.92 Å². The molecule has 1 aliphatic rings. The zero-order chi connectivity index (χ0) is 20.1. The van der Waals surface area contributed by atoms with Crippen LogP contribution in [0.5, 0.6) is 5.75 Å². The number of carbonyl (C=O) groups is 3. The quantitative estimate of drug-likeness (QED) is 0.414. The molecule has 146 valence electrons. The van der Waals surface area contributed by atoms with Gasteiger partial charge in [-0.25, -0.2) is 9.78 Å². The van der Waals surface area contributed by atoms with Crippen LogP contribution in [0.2, 0.25) is 0 Å². The van der Waals surface area contributed by atoms with E-state index in [1.54, 1.807) is 24.3 Å². The van der Waals surface area contributed by atoms with Gasteiger partial charge in [0.2, 0.25) is 0 Å². The zero-order valence-corrected chi connectivity index (χ0v) is 16.0. The zero-order valence-electron chi connectivity index (χ0n) is 15.2. The van der Waals surface area contributed by atoms with Crippen molar-refractivity contribution in [1.29, 1.82) is 0 Å². The number of hydrogen-bond donors (Lipinski definition) is 1. The summed E-state index contributed by atoms with van der Waals surface area (Å²) >= 11 is 5.52. The van der Waals surface area contributed by atoms with Crippen molar-refractivity contribution in [3.63, 3.8) is 0 Å². The van der Waals surface area contributed by atoms with Gasteiger partial charge in [0.05, 0.1) is 7.11 Å². The van der Waals surface area contributed by atoms with Gasteiger partial charge in [-0.15, -0.1) is 0 Å². The molecule has 0 unspecified atom stereocenters. The summed E-state index contributed by atoms with van der Waals surface area (Å²) < 4.78 is 10.1. The van der Waals surface area contributed by atoms with Gasteiger partial charge in [-0.05, 0) is 54.7 Å². The number of nitrogens with zero attached hydrogens (tertiary/aromatic N) is 1. The molecule has 1 amide bonds. The van der Waals surface area contributed by atoms with Crippen LogP contribution in [-0.4, -0.2) is 42.9 Å². The van der Waals surface area contributed by atoms with E-state index in [1.807, 2.05) is 0 Å². The largest absolute Gasteiger partial charge is 0.497 e. The topological polar surface area (TPSA) is 94.6 Å². The maximum atomic E-state index is 12.4. The minimum absolute atomic E-state index is 0.0847. The fourth-order valence-corrected chi connectivity index (χ4v) is 2.82. The van der Waals surface area contributed by atoms with E-state index in [-0.39, 0.29) is 23.4 Å². The molecule has 8 heteroatoms. The van der Waals surface area contributed by atoms with Gasteiger partial charge < -0.3 is 14.8 Å². The molecule has 1 saturated carbocycles. The average molecular weight is 403 g/mol. The van der Waals surface area contributed by atoms with Crippen LogP contribution in [0.4, 0.5) is 0 Å². The highest BCUT2D eigenvalue weighted by molar-refractivity contribution is 6.18. The van der Waals surface area contributed by atoms with Gasteiger partial charge in [0.15, 0.2) is 18.0 Å². The first-order valence-corrected chi connectivity index (χ1v) is 9.26. The highest BCUT2D eigenvalue weighted by Crippen LogP contribution is 2.30. The number of halogens is 1. The molecule has 1 aromatic carbocycles. The van der Waals surface area contributed by atoms with Crippen molar-refractivity contribution in [2.75, 3.05) is 19.7 Å². The maximum absolute atomic E-state index is 12.4. The Hall–Kier alpha value is -2.93. The standard InChI is InChI=1S/C20H19ClN2O5/c1-27-14-5-4-13(10-24)16(8-14)15-6-7-17(19(25)22-9-12-2-3-12)23-18(15)20(26)28-11-21/h4-8,10,12H,2-3,9,11H2,1H3,(H,22,25). The first kappa shape index (κ1) is 19.8. The third-order valence-electron chi connectivity index (χ3n) is 4.43. The summed E-state index contributed by atoms with van der Waals surface area (Å²) in [5.74, 6) is -0.152. The number of pyridine rings is 1. The summed E-state index contributed by atoms with van der Waals surface area (Å²) in [4.78, 5) is 40.4. The smallest absolute Gasteiger partial charge is 0.358 e. The molecule has 1 fully saturated rings. The van der Waals surface area contributed by atoms with Gasteiger partial charge >= 0.3 is 5.97 Å². The average Bonchev–Trinajstić information content (AvgIpc) is 3.55. The normalized spacial score (nSPS) is 12.9. The van der Waals surface area contributed by atoms with Crippen molar-refractivity contribution in [1.82, 2.24) is 10.3 Å². The lowest BCUT2D eigenvalue weighted by molar-refractivity contribution is 0.0568. The molecule has 2 aromatic rings. The molecule has 0 spiro atoms. The molecule has 0 atom stereocenters. The van der Waals surface area contributed by atoms with Gasteiger partial charge in [0, 0.05) is 17.7 Å². The Bertz CT molecular complexity index is 911. The van der Waals surface area contributed by atoms with Crippen molar-refractivity contribution in [3.8, 4) is 16.9 Å². The Morgan fingerprint density at radius 2 is 2.04 bits per heavy atom. The summed E-state index contributed by atoms with van der Waals surface area (Å²) in [5, 5.41) is 2.80. The number of methoxy groups -OCH3 is 1. The van der Waals surface area contributed by atoms with E-state index in [0.29, 0.717) is 41.2 Å². The van der Waals surface area contributed by atoms with Gasteiger partial charge in [-0.1, -0.05) is 11.6 Å². The van der Waals surface area contributed by atoms with E-state index >= 15 is 0 Å². The number of nitrogens with one attached hydrogen (secondary N) is 1. The number of amides is 1. The SMILES string of the molecule is COc1ccc(C=O)c(-c2ccc(C(=O)NCC3CC3)nc2C(=O)OCCl)c1. The number of esters is 1. The molecule has 1 N–H and O–H groups in total. The number of carbonyl (C=O) groups excluding carboxylic acids is 3. The first-order valence-electron chi connectivity index (χ1n) is 8.73. The van der Waals surface area contributed by atoms with Gasteiger partial charge in [-0.2, -0.15) is 0 Å². The predicted molar refractivity (Wildman–Crippen MR) is 103 cm³/mol. The molecule has 1 heterocycles. The number of hydrogen-bond acceptors (Lipinski definition) is 6. The number of alkyl halides is 1. The summed E-state index contributed by atoms with van der Waals surface area (Å²) in [5.41, 5.74) is 1.11. The highest BCUT2D eigenvalue weighted by atomic mass is 35.5. The molecule has 3 rings (SSSR count). The summed E-state index contributed by atoms with van der Waals surface area (Å²) in [6.07, 6.45) is 2.87. The summed E-state index contributed by atoms with van der Waals surface area (Å²) in [6.45, 7) is 0.578. The number of benzene rings is 1. The molecular formula is C20H19ClN2O5. The molecule has 0 saturated heterocycles. The minimum Gasteiger partial charge on any atom is -0.497 e. The van der Waals surface area contributed by atoms with Crippen LogP contribution in [0.3, 0.4) is 0 Å². The maximum Gasteiger partial charge on any atom is 0.358 e. The molecule has 1 aromatic heterocycles. The number of aromatic nitrogens is 1. The fraction of sp³-hybridized carbons (Fsp3) is 0.300. The van der Waals surface area contributed by atoms with Crippen LogP contribution in [0.1, 0.15) is 44.2 Å². The fourth-order valence-electron chi connectivity index (χ4n) is 2.72. The van der Waals surface area contributed by atoms with Gasteiger partial charge in [0.1, 0.15) is 11.4 Å². The van der Waals surface area contributed by atoms with E-state index in [0.717, 1.165) is 12.8 Å². The van der Waals surface area contributed by atoms with Crippen LogP contribution in [0.15, 0.2) is 30.3 Å². The lowest BCUT2D eigenvalue weighted by Crippen LogP contribution is -2.27. The Kier molecular flexibility index (Phi) is 6.26. The number of aldehydes is 1. The van der Waals surface area contributed by atoms with Gasteiger partial charge in [0.25, 0.3) is 5.91 Å². The number of ether oxygens (including phenoxy) is 2. The van der Waals surface area contributed by atoms with Crippen LogP contribution < -0.4 is 10.1 Å². The van der Waals surface area contributed by atoms with Crippen LogP contribution in [-0.2, 0) is 4.74 Å². The second-order valence-electron chi connectivity index (χ2n) is 6.36. The molecule has 28 heavy (non-hydrogen) atoms. The van der Waals surface area contributed by atoms with Crippen LogP contribution in [0.25, 0.3) is 11.1 Å². The van der Waals surface area contributed by atoms with Gasteiger partial charge in [-0.3, -0.25) is 9.59 Å². The third kappa shape index (κ3) is 4.48. The van der Waals surface area contributed by atoms with E-state index in [1.165, 1.54) is 13.2 Å². The van der Waals surface area contributed by atoms with Crippen molar-refractivity contribution in [2.45, 2.75) is 12.8 Å². The summed E-state index contributed by atoms with van der Waals surface area (Å²) in [6, 6.07) is 7.53. The number of rotatable bonds is 8. The molecule has 7 nitrogen and oxygen atoms in total. The third-order valence-corrected chi connectivity index (χ3v) is 4.54. The molecular weight excluding hydrogens is 384 g/mol. The predicted octanol–water partition coefficient (Wildman–Crippen LogP) is 3.06. The second kappa shape index (κ2) is 8.84. The monoisotopic (exact) mass is 402 g/mol. The molecule has 1 aliphatic carbocycles. The van der Waals surface area contributed by atoms with Crippen LogP contribution >= 0.6 is 11.6 Å². The molecule has 0 bridgehead atoms. The minimum atomic E-state index is -0.790. The molecule has 0 aliphatic heterocycles. The van der Waals surface area contributed by atoms with E-state index in [2.05, 4.69) is 10.3 Å². The lowest BCUT2D eigenvalue weighted by Gasteiger charge is -2.13. The van der Waals surface area contributed by atoms with Crippen molar-refractivity contribution < 1.29 is 23.9 Å². The Morgan fingerprint density at radius 1 is 1.25 bits per heavy atom. The van der Waals surface area contributed by atoms with E-state index in [9.17, 15) is 14.4 Å². The summed E-state index contributed by atoms with van der Waals surface area (Å²) in [7, 11) is 1.49. The highest BCUT2D eigenvalue weighted by Gasteiger charge is 2.24. The Labute approximate surface area is 167 Å². The van der Waals surface area contributed by atoms with E-state index in [4.69, 9.17) is 21.1 Å². The van der Waals surface area contributed by atoms with Crippen molar-refractivity contribution >= 4 is 29.8 Å².